The summed E-state index contributed by atoms with van der Waals surface area (Å²) < 4.78 is 18.0. The van der Waals surface area contributed by atoms with Gasteiger partial charge in [0.15, 0.2) is 0 Å². The Bertz CT molecular complexity index is 1370. The van der Waals surface area contributed by atoms with Crippen molar-refractivity contribution in [2.75, 3.05) is 46.6 Å². The second kappa shape index (κ2) is 11.3. The van der Waals surface area contributed by atoms with Crippen LogP contribution in [0.1, 0.15) is 60.3 Å². The van der Waals surface area contributed by atoms with Crippen LogP contribution >= 0.6 is 0 Å². The summed E-state index contributed by atoms with van der Waals surface area (Å²) >= 11 is 0. The molecule has 2 heterocycles. The minimum atomic E-state index is -0.604. The maximum Gasteiger partial charge on any atom is 0.419 e. The number of nitrogen functional groups attached to an aromatic ring is 1. The minimum Gasteiger partial charge on any atom is -0.496 e. The molecular weight excluding hydrogens is 496 g/mol. The highest BCUT2D eigenvalue weighted by atomic mass is 16.6. The fourth-order valence-electron chi connectivity index (χ4n) is 5.32. The van der Waals surface area contributed by atoms with Gasteiger partial charge < -0.3 is 24.8 Å². The van der Waals surface area contributed by atoms with E-state index in [4.69, 9.17) is 19.9 Å². The van der Waals surface area contributed by atoms with Crippen LogP contribution in [-0.2, 0) is 16.0 Å². The fourth-order valence-corrected chi connectivity index (χ4v) is 5.32. The highest BCUT2D eigenvalue weighted by Gasteiger charge is 2.28. The molecule has 0 aliphatic carbocycles. The van der Waals surface area contributed by atoms with Crippen LogP contribution < -0.4 is 10.5 Å². The first-order valence-corrected chi connectivity index (χ1v) is 13.2. The molecule has 0 radical (unpaired) electrons. The molecule has 0 amide bonds. The Kier molecular flexibility index (Phi) is 8.23. The van der Waals surface area contributed by atoms with Crippen LogP contribution in [0.15, 0.2) is 36.5 Å². The highest BCUT2D eigenvalue weighted by Crippen LogP contribution is 2.37. The molecule has 1 atom stereocenters. The Morgan fingerprint density at radius 3 is 2.46 bits per heavy atom. The second-order valence-corrected chi connectivity index (χ2v) is 11.2. The van der Waals surface area contributed by atoms with Gasteiger partial charge in [0.1, 0.15) is 11.4 Å². The first kappa shape index (κ1) is 28.4. The van der Waals surface area contributed by atoms with E-state index in [1.54, 1.807) is 23.9 Å². The van der Waals surface area contributed by atoms with Crippen LogP contribution in [0.4, 0.5) is 10.5 Å². The number of methoxy groups -OCH3 is 2. The van der Waals surface area contributed by atoms with E-state index < -0.39 is 17.7 Å². The van der Waals surface area contributed by atoms with Gasteiger partial charge in [-0.2, -0.15) is 0 Å². The summed E-state index contributed by atoms with van der Waals surface area (Å²) in [4.78, 5) is 29.9. The Balaban J connectivity index is 1.76. The number of aromatic nitrogens is 1. The molecule has 1 saturated heterocycles. The molecule has 39 heavy (non-hydrogen) atoms. The molecule has 0 bridgehead atoms. The average molecular weight is 537 g/mol. The van der Waals surface area contributed by atoms with E-state index >= 15 is 0 Å². The van der Waals surface area contributed by atoms with E-state index in [9.17, 15) is 9.59 Å². The largest absolute Gasteiger partial charge is 0.496 e. The summed E-state index contributed by atoms with van der Waals surface area (Å²) in [5.41, 5.74) is 10.2. The van der Waals surface area contributed by atoms with Crippen LogP contribution in [0.3, 0.4) is 0 Å². The highest BCUT2D eigenvalue weighted by molar-refractivity contribution is 5.96. The van der Waals surface area contributed by atoms with Crippen molar-refractivity contribution in [1.82, 2.24) is 14.4 Å². The number of hydrogen-bond donors (Lipinski definition) is 1. The van der Waals surface area contributed by atoms with Gasteiger partial charge in [0, 0.05) is 48.5 Å². The Morgan fingerprint density at radius 1 is 1.08 bits per heavy atom. The van der Waals surface area contributed by atoms with Crippen molar-refractivity contribution >= 4 is 28.7 Å². The predicted molar refractivity (Wildman–Crippen MR) is 152 cm³/mol. The summed E-state index contributed by atoms with van der Waals surface area (Å²) in [6, 6.07) is 9.61. The zero-order valence-corrected chi connectivity index (χ0v) is 24.0. The van der Waals surface area contributed by atoms with Crippen molar-refractivity contribution in [3.05, 3.63) is 58.8 Å². The van der Waals surface area contributed by atoms with Gasteiger partial charge in [-0.3, -0.25) is 9.47 Å². The normalized spacial score (nSPS) is 17.2. The molecular formula is C30H40N4O5. The lowest BCUT2D eigenvalue weighted by molar-refractivity contribution is 0.0542. The topological polar surface area (TPSA) is 99.3 Å². The number of rotatable bonds is 5. The molecule has 210 valence electrons. The zero-order chi connectivity index (χ0) is 28.5. The third kappa shape index (κ3) is 6.04. The number of esters is 1. The number of ether oxygens (including phenoxy) is 3. The summed E-state index contributed by atoms with van der Waals surface area (Å²) in [7, 11) is 5.15. The molecule has 0 saturated carbocycles. The molecule has 2 N–H and O–H groups in total. The lowest BCUT2D eigenvalue weighted by Crippen LogP contribution is -2.31. The Morgan fingerprint density at radius 2 is 1.82 bits per heavy atom. The summed E-state index contributed by atoms with van der Waals surface area (Å²) in [5.74, 6) is 0.330. The quantitative estimate of drug-likeness (QED) is 0.360. The number of carbonyl (C=O) groups excluding carboxylic acids is 2. The third-order valence-corrected chi connectivity index (χ3v) is 7.26. The maximum absolute atomic E-state index is 13.0. The van der Waals surface area contributed by atoms with Gasteiger partial charge in [-0.05, 0) is 83.1 Å². The molecule has 1 aliphatic rings. The fraction of sp³-hybridized carbons (Fsp3) is 0.467. The van der Waals surface area contributed by atoms with Gasteiger partial charge in [0.2, 0.25) is 0 Å². The summed E-state index contributed by atoms with van der Waals surface area (Å²) in [6.45, 7) is 10.8. The average Bonchev–Trinajstić information content (AvgIpc) is 3.25. The SMILES string of the molecule is COC(=O)c1ccc(C2CCN(C)CCN2Cc2c(OC)cc(C)c3c2ccn3C(=O)OC(C)(C)C)cc1N. The van der Waals surface area contributed by atoms with Gasteiger partial charge in [-0.25, -0.2) is 9.59 Å². The maximum atomic E-state index is 13.0. The number of carbonyl (C=O) groups is 2. The van der Waals surface area contributed by atoms with Crippen LogP contribution in [0.2, 0.25) is 0 Å². The molecule has 1 unspecified atom stereocenters. The van der Waals surface area contributed by atoms with E-state index in [1.807, 2.05) is 52.0 Å². The summed E-state index contributed by atoms with van der Waals surface area (Å²) in [6.07, 6.45) is 2.25. The number of anilines is 1. The standard InChI is InChI=1S/C30H40N4O5/c1-19-16-26(37-6)23(21-10-13-34(27(19)21)29(36)39-30(2,3)4)18-33-15-14-32(5)12-11-25(33)20-8-9-22(24(31)17-20)28(35)38-7/h8-10,13,16-17,25H,11-12,14-15,18,31H2,1-7H3. The smallest absolute Gasteiger partial charge is 0.419 e. The molecule has 9 nitrogen and oxygen atoms in total. The van der Waals surface area contributed by atoms with Crippen LogP contribution in [-0.4, -0.2) is 72.9 Å². The number of nitrogens with two attached hydrogens (primary N) is 1. The molecule has 9 heteroatoms. The van der Waals surface area contributed by atoms with Crippen molar-refractivity contribution in [2.24, 2.45) is 0 Å². The predicted octanol–water partition coefficient (Wildman–Crippen LogP) is 4.99. The number of likely N-dealkylation sites (N-methyl/N-ethyl adjacent to an activating group) is 1. The number of benzene rings is 2. The van der Waals surface area contributed by atoms with Crippen molar-refractivity contribution in [3.63, 3.8) is 0 Å². The second-order valence-electron chi connectivity index (χ2n) is 11.2. The van der Waals surface area contributed by atoms with E-state index in [0.717, 1.165) is 59.4 Å². The Hall–Kier alpha value is -3.56. The molecule has 4 rings (SSSR count). The third-order valence-electron chi connectivity index (χ3n) is 7.26. The van der Waals surface area contributed by atoms with Crippen LogP contribution in [0.25, 0.3) is 10.9 Å². The molecule has 2 aromatic carbocycles. The molecule has 0 spiro atoms. The van der Waals surface area contributed by atoms with E-state index in [0.29, 0.717) is 17.8 Å². The van der Waals surface area contributed by atoms with E-state index in [-0.39, 0.29) is 6.04 Å². The van der Waals surface area contributed by atoms with Crippen molar-refractivity contribution in [2.45, 2.75) is 52.3 Å². The van der Waals surface area contributed by atoms with Crippen LogP contribution in [0, 0.1) is 6.92 Å². The van der Waals surface area contributed by atoms with E-state index in [1.165, 1.54) is 7.11 Å². The molecule has 1 aromatic heterocycles. The van der Waals surface area contributed by atoms with Gasteiger partial charge in [0.25, 0.3) is 0 Å². The number of nitrogens with zero attached hydrogens (tertiary/aromatic N) is 3. The number of aryl methyl sites for hydroxylation is 1. The van der Waals surface area contributed by atoms with Crippen molar-refractivity contribution in [1.29, 1.82) is 0 Å². The lowest BCUT2D eigenvalue weighted by atomic mass is 9.97. The lowest BCUT2D eigenvalue weighted by Gasteiger charge is -2.31. The molecule has 3 aromatic rings. The Labute approximate surface area is 230 Å². The van der Waals surface area contributed by atoms with E-state index in [2.05, 4.69) is 16.8 Å². The zero-order valence-electron chi connectivity index (χ0n) is 24.0. The number of hydrogen-bond acceptors (Lipinski definition) is 8. The summed E-state index contributed by atoms with van der Waals surface area (Å²) in [5, 5.41) is 0.953. The molecule has 1 aliphatic heterocycles. The monoisotopic (exact) mass is 536 g/mol. The first-order chi connectivity index (χ1) is 18.4. The number of fused-ring (bicyclic) bond motifs is 1. The van der Waals surface area contributed by atoms with Gasteiger partial charge in [0.05, 0.1) is 25.3 Å². The van der Waals surface area contributed by atoms with Crippen LogP contribution in [0.5, 0.6) is 5.75 Å². The minimum absolute atomic E-state index is 0.0675. The van der Waals surface area contributed by atoms with Gasteiger partial charge >= 0.3 is 12.1 Å². The van der Waals surface area contributed by atoms with Gasteiger partial charge in [-0.15, -0.1) is 0 Å². The van der Waals surface area contributed by atoms with Crippen molar-refractivity contribution < 1.29 is 23.8 Å². The van der Waals surface area contributed by atoms with Gasteiger partial charge in [-0.1, -0.05) is 6.07 Å². The van der Waals surface area contributed by atoms with Crippen molar-refractivity contribution in [3.8, 4) is 5.75 Å². The first-order valence-electron chi connectivity index (χ1n) is 13.2. The molecule has 1 fully saturated rings.